The summed E-state index contributed by atoms with van der Waals surface area (Å²) < 4.78 is 109. The van der Waals surface area contributed by atoms with E-state index in [2.05, 4.69) is 4.98 Å². The lowest BCUT2D eigenvalue weighted by Gasteiger charge is -2.26. The van der Waals surface area contributed by atoms with Gasteiger partial charge in [-0.25, -0.2) is 18.2 Å². The van der Waals surface area contributed by atoms with Crippen molar-refractivity contribution in [2.24, 2.45) is 0 Å². The highest BCUT2D eigenvalue weighted by molar-refractivity contribution is 5.99. The van der Waals surface area contributed by atoms with Crippen LogP contribution in [0.3, 0.4) is 0 Å². The molecule has 3 aromatic rings. The maximum Gasteiger partial charge on any atom is 0.455 e. The Bertz CT molecular complexity index is 1530. The number of halogens is 8. The number of rotatable bonds is 5. The number of aromatic nitrogens is 2. The van der Waals surface area contributed by atoms with E-state index < -0.39 is 81.2 Å². The average Bonchev–Trinajstić information content (AvgIpc) is 3.16. The largest absolute Gasteiger partial charge is 0.455 e. The van der Waals surface area contributed by atoms with Gasteiger partial charge in [-0.2, -0.15) is 22.0 Å². The van der Waals surface area contributed by atoms with Crippen LogP contribution in [0.4, 0.5) is 40.9 Å². The number of aliphatic hydroxyl groups is 1. The molecule has 39 heavy (non-hydrogen) atoms. The third kappa shape index (κ3) is 4.91. The number of fused-ring (bicyclic) bond motifs is 1. The number of aliphatic hydroxyl groups excluding tert-OH is 1. The standard InChI is InChI=1S/C23H16F8N4O4/c1-9(22(27,28)23(29,30)31)32-21(39)13-8-35(18-14(25)4-10(24)5-15(18)26)20-12(19(13)38)2-3-16(33-20)34-7-11(36)6-17(34)37/h2-5,8-9,11,36H,6-7H2,1H3,(H,32,39)/t9?,11-/m0/s1. The number of amides is 2. The van der Waals surface area contributed by atoms with Gasteiger partial charge in [-0.1, -0.05) is 0 Å². The Morgan fingerprint density at radius 1 is 1.10 bits per heavy atom. The van der Waals surface area contributed by atoms with Gasteiger partial charge in [0.2, 0.25) is 11.3 Å². The Balaban J connectivity index is 1.93. The molecular weight excluding hydrogens is 548 g/mol. The first kappa shape index (κ1) is 27.9. The number of hydrogen-bond donors (Lipinski definition) is 2. The Kier molecular flexibility index (Phi) is 6.87. The lowest BCUT2D eigenvalue weighted by atomic mass is 10.1. The fourth-order valence-electron chi connectivity index (χ4n) is 3.96. The van der Waals surface area contributed by atoms with Gasteiger partial charge in [0, 0.05) is 18.3 Å². The first-order valence-corrected chi connectivity index (χ1v) is 11.0. The summed E-state index contributed by atoms with van der Waals surface area (Å²) in [7, 11) is 0. The summed E-state index contributed by atoms with van der Waals surface area (Å²) in [5.74, 6) is -12.4. The van der Waals surface area contributed by atoms with Crippen LogP contribution < -0.4 is 15.6 Å². The number of pyridine rings is 2. The Morgan fingerprint density at radius 3 is 2.26 bits per heavy atom. The van der Waals surface area contributed by atoms with Crippen molar-refractivity contribution in [1.29, 1.82) is 0 Å². The molecule has 1 unspecified atom stereocenters. The second-order valence-electron chi connectivity index (χ2n) is 8.68. The fourth-order valence-corrected chi connectivity index (χ4v) is 3.96. The summed E-state index contributed by atoms with van der Waals surface area (Å²) >= 11 is 0. The van der Waals surface area contributed by atoms with Crippen LogP contribution in [0.15, 0.2) is 35.3 Å². The zero-order valence-corrected chi connectivity index (χ0v) is 19.5. The number of carbonyl (C=O) groups is 2. The zero-order valence-electron chi connectivity index (χ0n) is 19.5. The van der Waals surface area contributed by atoms with E-state index >= 15 is 0 Å². The molecule has 1 aliphatic heterocycles. The summed E-state index contributed by atoms with van der Waals surface area (Å²) in [6, 6.07) is -0.306. The van der Waals surface area contributed by atoms with Crippen molar-refractivity contribution in [3.63, 3.8) is 0 Å². The first-order chi connectivity index (χ1) is 18.0. The highest BCUT2D eigenvalue weighted by atomic mass is 19.4. The molecule has 0 aliphatic carbocycles. The summed E-state index contributed by atoms with van der Waals surface area (Å²) in [6.07, 6.45) is -6.94. The van der Waals surface area contributed by atoms with Crippen LogP contribution in [0, 0.1) is 17.5 Å². The molecule has 2 N–H and O–H groups in total. The second-order valence-corrected chi connectivity index (χ2v) is 8.68. The summed E-state index contributed by atoms with van der Waals surface area (Å²) in [5, 5.41) is 10.6. The molecule has 0 spiro atoms. The van der Waals surface area contributed by atoms with Crippen molar-refractivity contribution in [3.8, 4) is 5.69 Å². The second kappa shape index (κ2) is 9.59. The maximum absolute atomic E-state index is 14.7. The highest BCUT2D eigenvalue weighted by Crippen LogP contribution is 2.38. The van der Waals surface area contributed by atoms with Crippen LogP contribution in [0.5, 0.6) is 0 Å². The molecule has 2 atom stereocenters. The van der Waals surface area contributed by atoms with Crippen molar-refractivity contribution in [3.05, 3.63) is 63.7 Å². The smallest absolute Gasteiger partial charge is 0.391 e. The van der Waals surface area contributed by atoms with Crippen LogP contribution in [0.1, 0.15) is 23.7 Å². The number of β-amino-alcohol motifs (C(OH)–C–C–N with tert-alkyl or cyclic N) is 1. The van der Waals surface area contributed by atoms with Crippen molar-refractivity contribution in [2.45, 2.75) is 37.6 Å². The van der Waals surface area contributed by atoms with Crippen LogP contribution in [-0.2, 0) is 4.79 Å². The van der Waals surface area contributed by atoms with Gasteiger partial charge >= 0.3 is 12.1 Å². The van der Waals surface area contributed by atoms with Gasteiger partial charge in [-0.3, -0.25) is 23.9 Å². The predicted molar refractivity (Wildman–Crippen MR) is 118 cm³/mol. The molecule has 2 amide bonds. The lowest BCUT2D eigenvalue weighted by Crippen LogP contribution is -2.54. The van der Waals surface area contributed by atoms with Crippen molar-refractivity contribution in [1.82, 2.24) is 14.9 Å². The molecule has 0 radical (unpaired) electrons. The van der Waals surface area contributed by atoms with Gasteiger partial charge < -0.3 is 10.4 Å². The highest BCUT2D eigenvalue weighted by Gasteiger charge is 2.61. The zero-order chi connectivity index (χ0) is 29.0. The molecule has 4 rings (SSSR count). The number of nitrogens with one attached hydrogen (secondary N) is 1. The van der Waals surface area contributed by atoms with E-state index in [1.165, 1.54) is 5.32 Å². The average molecular weight is 564 g/mol. The van der Waals surface area contributed by atoms with Crippen LogP contribution in [0.25, 0.3) is 16.7 Å². The third-order valence-corrected chi connectivity index (χ3v) is 5.95. The normalized spacial score (nSPS) is 17.1. The Labute approximate surface area is 212 Å². The minimum Gasteiger partial charge on any atom is -0.391 e. The monoisotopic (exact) mass is 564 g/mol. The van der Waals surface area contributed by atoms with Crippen LogP contribution in [-0.4, -0.2) is 57.3 Å². The van der Waals surface area contributed by atoms with Gasteiger partial charge in [0.15, 0.2) is 17.3 Å². The molecule has 3 heterocycles. The summed E-state index contributed by atoms with van der Waals surface area (Å²) in [4.78, 5) is 43.0. The van der Waals surface area contributed by atoms with Gasteiger partial charge in [0.05, 0.1) is 30.5 Å². The molecule has 1 aliphatic rings. The molecule has 208 valence electrons. The first-order valence-electron chi connectivity index (χ1n) is 11.0. The van der Waals surface area contributed by atoms with E-state index in [4.69, 9.17) is 0 Å². The van der Waals surface area contributed by atoms with Crippen LogP contribution >= 0.6 is 0 Å². The quantitative estimate of drug-likeness (QED) is 0.464. The summed E-state index contributed by atoms with van der Waals surface area (Å²) in [6.45, 7) is 0.117. The van der Waals surface area contributed by atoms with Crippen molar-refractivity contribution in [2.75, 3.05) is 11.4 Å². The molecular formula is C23H16F8N4O4. The van der Waals surface area contributed by atoms with E-state index in [9.17, 15) is 54.6 Å². The van der Waals surface area contributed by atoms with E-state index in [0.29, 0.717) is 17.7 Å². The molecule has 0 saturated carbocycles. The Morgan fingerprint density at radius 2 is 1.72 bits per heavy atom. The van der Waals surface area contributed by atoms with Gasteiger partial charge in [0.1, 0.15) is 22.9 Å². The topological polar surface area (TPSA) is 105 Å². The number of anilines is 1. The van der Waals surface area contributed by atoms with E-state index in [1.807, 2.05) is 0 Å². The van der Waals surface area contributed by atoms with E-state index in [0.717, 1.165) is 17.0 Å². The predicted octanol–water partition coefficient (Wildman–Crippen LogP) is 3.22. The number of benzene rings is 1. The third-order valence-electron chi connectivity index (χ3n) is 5.95. The van der Waals surface area contributed by atoms with Crippen molar-refractivity contribution >= 4 is 28.7 Å². The lowest BCUT2D eigenvalue weighted by molar-refractivity contribution is -0.290. The molecule has 16 heteroatoms. The molecule has 2 aromatic heterocycles. The van der Waals surface area contributed by atoms with Crippen LogP contribution in [0.2, 0.25) is 0 Å². The minimum absolute atomic E-state index is 0.184. The Hall–Kier alpha value is -4.08. The summed E-state index contributed by atoms with van der Waals surface area (Å²) in [5.41, 5.74) is -4.03. The SMILES string of the molecule is CC(NC(=O)c1cn(-c2c(F)cc(F)cc2F)c2nc(N3C[C@@H](O)CC3=O)ccc2c1=O)C(F)(F)C(F)(F)F. The molecule has 8 nitrogen and oxygen atoms in total. The van der Waals surface area contributed by atoms with Gasteiger partial charge in [0.25, 0.3) is 5.91 Å². The molecule has 1 fully saturated rings. The number of alkyl halides is 5. The minimum atomic E-state index is -6.05. The number of hydrogen-bond acceptors (Lipinski definition) is 5. The number of carbonyl (C=O) groups excluding carboxylic acids is 2. The van der Waals surface area contributed by atoms with Gasteiger partial charge in [-0.15, -0.1) is 0 Å². The number of nitrogens with zero attached hydrogens (tertiary/aromatic N) is 3. The molecule has 1 aromatic carbocycles. The van der Waals surface area contributed by atoms with Crippen molar-refractivity contribution < 1.29 is 49.8 Å². The molecule has 0 bridgehead atoms. The van der Waals surface area contributed by atoms with E-state index in [-0.39, 0.29) is 30.9 Å². The maximum atomic E-state index is 14.7. The van der Waals surface area contributed by atoms with E-state index in [1.54, 1.807) is 0 Å². The molecule has 1 saturated heterocycles. The fraction of sp³-hybridized carbons (Fsp3) is 0.304. The van der Waals surface area contributed by atoms with Gasteiger partial charge in [-0.05, 0) is 19.1 Å².